The molecule has 2 amide bonds. The third-order valence-electron chi connectivity index (χ3n) is 2.89. The van der Waals surface area contributed by atoms with Crippen molar-refractivity contribution in [1.82, 2.24) is 5.32 Å². The molecule has 4 heteroatoms. The molecule has 0 aliphatic carbocycles. The molecule has 2 aromatic carbocycles. The monoisotopic (exact) mass is 310 g/mol. The third-order valence-corrected chi connectivity index (χ3v) is 2.89. The molecule has 0 spiro atoms. The van der Waals surface area contributed by atoms with Gasteiger partial charge in [0.25, 0.3) is 0 Å². The number of hydrogen-bond acceptors (Lipinski definition) is 2. The predicted octanol–water partition coefficient (Wildman–Crippen LogP) is 5.16. The number of benzene rings is 2. The van der Waals surface area contributed by atoms with Gasteiger partial charge >= 0.3 is 6.03 Å². The SMILES string of the molecule is CC(C)(C)/C=C/NC(=O)Nc1ccc(Oc2ccccc2)cc1. The number of amides is 2. The molecule has 120 valence electrons. The second-order valence-corrected chi connectivity index (χ2v) is 6.24. The van der Waals surface area contributed by atoms with E-state index >= 15 is 0 Å². The molecule has 0 saturated heterocycles. The van der Waals surface area contributed by atoms with Gasteiger partial charge in [0.15, 0.2) is 0 Å². The summed E-state index contributed by atoms with van der Waals surface area (Å²) >= 11 is 0. The molecule has 0 aliphatic heterocycles. The van der Waals surface area contributed by atoms with Gasteiger partial charge in [-0.05, 0) is 41.8 Å². The highest BCUT2D eigenvalue weighted by Crippen LogP contribution is 2.22. The maximum Gasteiger partial charge on any atom is 0.323 e. The highest BCUT2D eigenvalue weighted by molar-refractivity contribution is 5.89. The number of urea groups is 1. The average Bonchev–Trinajstić information content (AvgIpc) is 2.49. The van der Waals surface area contributed by atoms with Crippen LogP contribution in [-0.2, 0) is 0 Å². The van der Waals surface area contributed by atoms with Crippen LogP contribution in [0.4, 0.5) is 10.5 Å². The summed E-state index contributed by atoms with van der Waals surface area (Å²) in [6, 6.07) is 16.5. The summed E-state index contributed by atoms with van der Waals surface area (Å²) in [4.78, 5) is 11.8. The first-order chi connectivity index (χ1) is 10.9. The van der Waals surface area contributed by atoms with E-state index in [0.717, 1.165) is 11.5 Å². The maximum atomic E-state index is 11.8. The van der Waals surface area contributed by atoms with Gasteiger partial charge in [0, 0.05) is 11.9 Å². The van der Waals surface area contributed by atoms with E-state index in [1.807, 2.05) is 48.5 Å². The largest absolute Gasteiger partial charge is 0.457 e. The van der Waals surface area contributed by atoms with Crippen LogP contribution in [0.5, 0.6) is 11.5 Å². The van der Waals surface area contributed by atoms with Gasteiger partial charge in [0.2, 0.25) is 0 Å². The summed E-state index contributed by atoms with van der Waals surface area (Å²) < 4.78 is 5.70. The number of nitrogens with one attached hydrogen (secondary N) is 2. The summed E-state index contributed by atoms with van der Waals surface area (Å²) in [6.45, 7) is 6.19. The van der Waals surface area contributed by atoms with Crippen molar-refractivity contribution in [3.05, 3.63) is 66.9 Å². The Morgan fingerprint density at radius 3 is 2.17 bits per heavy atom. The number of para-hydroxylation sites is 1. The lowest BCUT2D eigenvalue weighted by Crippen LogP contribution is -2.24. The highest BCUT2D eigenvalue weighted by atomic mass is 16.5. The van der Waals surface area contributed by atoms with E-state index in [1.165, 1.54) is 0 Å². The number of carbonyl (C=O) groups excluding carboxylic acids is 1. The fourth-order valence-corrected chi connectivity index (χ4v) is 1.77. The van der Waals surface area contributed by atoms with Gasteiger partial charge in [0.05, 0.1) is 0 Å². The first kappa shape index (κ1) is 16.6. The molecule has 0 atom stereocenters. The highest BCUT2D eigenvalue weighted by Gasteiger charge is 2.04. The number of ether oxygens (including phenoxy) is 1. The van der Waals surface area contributed by atoms with Gasteiger partial charge < -0.3 is 15.4 Å². The van der Waals surface area contributed by atoms with Crippen LogP contribution in [-0.4, -0.2) is 6.03 Å². The molecule has 4 nitrogen and oxygen atoms in total. The molecule has 0 aliphatic rings. The maximum absolute atomic E-state index is 11.8. The fourth-order valence-electron chi connectivity index (χ4n) is 1.77. The van der Waals surface area contributed by atoms with Crippen molar-refractivity contribution in [3.8, 4) is 11.5 Å². The van der Waals surface area contributed by atoms with Crippen LogP contribution in [0.1, 0.15) is 20.8 Å². The van der Waals surface area contributed by atoms with E-state index in [1.54, 1.807) is 18.3 Å². The second-order valence-electron chi connectivity index (χ2n) is 6.24. The Kier molecular flexibility index (Phi) is 5.41. The Morgan fingerprint density at radius 2 is 1.57 bits per heavy atom. The first-order valence-corrected chi connectivity index (χ1v) is 7.51. The molecule has 2 rings (SSSR count). The molecule has 0 aromatic heterocycles. The molecular weight excluding hydrogens is 288 g/mol. The van der Waals surface area contributed by atoms with Crippen LogP contribution in [0.25, 0.3) is 0 Å². The van der Waals surface area contributed by atoms with Crippen molar-refractivity contribution in [2.45, 2.75) is 20.8 Å². The summed E-state index contributed by atoms with van der Waals surface area (Å²) in [5, 5.41) is 5.44. The van der Waals surface area contributed by atoms with Crippen LogP contribution in [0, 0.1) is 5.41 Å². The number of anilines is 1. The molecule has 0 bridgehead atoms. The molecule has 23 heavy (non-hydrogen) atoms. The van der Waals surface area contributed by atoms with E-state index < -0.39 is 0 Å². The summed E-state index contributed by atoms with van der Waals surface area (Å²) in [5.41, 5.74) is 0.732. The van der Waals surface area contributed by atoms with Crippen molar-refractivity contribution >= 4 is 11.7 Å². The lowest BCUT2D eigenvalue weighted by molar-refractivity contribution is 0.255. The topological polar surface area (TPSA) is 50.4 Å². The second kappa shape index (κ2) is 7.49. The minimum Gasteiger partial charge on any atom is -0.457 e. The Morgan fingerprint density at radius 1 is 0.957 bits per heavy atom. The van der Waals surface area contributed by atoms with Crippen LogP contribution in [0.15, 0.2) is 66.9 Å². The lowest BCUT2D eigenvalue weighted by Gasteiger charge is -2.11. The molecular formula is C19H22N2O2. The van der Waals surface area contributed by atoms with Crippen molar-refractivity contribution in [2.75, 3.05) is 5.32 Å². The van der Waals surface area contributed by atoms with Crippen molar-refractivity contribution in [3.63, 3.8) is 0 Å². The Bertz CT molecular complexity index is 656. The standard InChI is InChI=1S/C19H22N2O2/c1-19(2,3)13-14-20-18(22)21-15-9-11-17(12-10-15)23-16-7-5-4-6-8-16/h4-14H,1-3H3,(H2,20,21,22)/b14-13+. The number of allylic oxidation sites excluding steroid dienone is 1. The van der Waals surface area contributed by atoms with Crippen LogP contribution in [0.2, 0.25) is 0 Å². The summed E-state index contributed by atoms with van der Waals surface area (Å²) in [5.74, 6) is 1.49. The van der Waals surface area contributed by atoms with Gasteiger partial charge in [0.1, 0.15) is 11.5 Å². The van der Waals surface area contributed by atoms with Crippen LogP contribution >= 0.6 is 0 Å². The smallest absolute Gasteiger partial charge is 0.323 e. The van der Waals surface area contributed by atoms with E-state index in [9.17, 15) is 4.79 Å². The lowest BCUT2D eigenvalue weighted by atomic mass is 9.97. The third kappa shape index (κ3) is 6.26. The quantitative estimate of drug-likeness (QED) is 0.819. The molecule has 2 aromatic rings. The number of hydrogen-bond donors (Lipinski definition) is 2. The molecule has 0 saturated carbocycles. The minimum atomic E-state index is -0.276. The van der Waals surface area contributed by atoms with E-state index in [2.05, 4.69) is 31.4 Å². The predicted molar refractivity (Wildman–Crippen MR) is 93.7 cm³/mol. The zero-order valence-electron chi connectivity index (χ0n) is 13.7. The Hall–Kier alpha value is -2.75. The molecule has 2 N–H and O–H groups in total. The zero-order chi connectivity index (χ0) is 16.7. The molecule has 0 heterocycles. The summed E-state index contributed by atoms with van der Waals surface area (Å²) in [7, 11) is 0. The average molecular weight is 310 g/mol. The van der Waals surface area contributed by atoms with Crippen LogP contribution < -0.4 is 15.4 Å². The van der Waals surface area contributed by atoms with Gasteiger partial charge in [-0.3, -0.25) is 0 Å². The fraction of sp³-hybridized carbons (Fsp3) is 0.211. The minimum absolute atomic E-state index is 0.0315. The van der Waals surface area contributed by atoms with Gasteiger partial charge in [-0.2, -0.15) is 0 Å². The molecule has 0 unspecified atom stereocenters. The van der Waals surface area contributed by atoms with Crippen molar-refractivity contribution < 1.29 is 9.53 Å². The van der Waals surface area contributed by atoms with Gasteiger partial charge in [-0.25, -0.2) is 4.79 Å². The Labute approximate surface area is 137 Å². The number of carbonyl (C=O) groups is 1. The summed E-state index contributed by atoms with van der Waals surface area (Å²) in [6.07, 6.45) is 3.59. The van der Waals surface area contributed by atoms with E-state index in [0.29, 0.717) is 5.69 Å². The van der Waals surface area contributed by atoms with Gasteiger partial charge in [-0.1, -0.05) is 45.0 Å². The van der Waals surface area contributed by atoms with Crippen molar-refractivity contribution in [2.24, 2.45) is 5.41 Å². The normalized spacial score (nSPS) is 11.3. The molecule has 0 fully saturated rings. The first-order valence-electron chi connectivity index (χ1n) is 7.51. The Balaban J connectivity index is 1.87. The molecule has 0 radical (unpaired) electrons. The van der Waals surface area contributed by atoms with E-state index in [-0.39, 0.29) is 11.4 Å². The zero-order valence-corrected chi connectivity index (χ0v) is 13.7. The number of rotatable bonds is 4. The van der Waals surface area contributed by atoms with Crippen LogP contribution in [0.3, 0.4) is 0 Å². The van der Waals surface area contributed by atoms with Gasteiger partial charge in [-0.15, -0.1) is 0 Å². The van der Waals surface area contributed by atoms with E-state index in [4.69, 9.17) is 4.74 Å². The van der Waals surface area contributed by atoms with Crippen molar-refractivity contribution in [1.29, 1.82) is 0 Å².